The lowest BCUT2D eigenvalue weighted by Crippen LogP contribution is -2.32. The van der Waals surface area contributed by atoms with Crippen molar-refractivity contribution < 1.29 is 9.18 Å². The fraction of sp³-hybridized carbons (Fsp3) is 0.423. The van der Waals surface area contributed by atoms with Gasteiger partial charge < -0.3 is 5.32 Å². The maximum absolute atomic E-state index is 13.1. The van der Waals surface area contributed by atoms with Gasteiger partial charge in [-0.1, -0.05) is 43.5 Å². The van der Waals surface area contributed by atoms with Crippen LogP contribution >= 0.6 is 12.2 Å². The lowest BCUT2D eigenvalue weighted by Gasteiger charge is -2.30. The molecule has 4 rings (SSSR count). The number of aromatic nitrogens is 3. The Bertz CT molecular complexity index is 1200. The standard InChI is InChI=1S/C26H32FN5OS/c1-18-7-6-9-20(15-18)25-29-31(26(34)32(25)23-10-5-4-8-19(23)2)17-30(3)16-24(33)28-22-13-11-21(27)12-14-22/h6-7,9,11-15,19,23H,4-5,8,10,16-17H2,1-3H3,(H,28,33). The van der Waals surface area contributed by atoms with Crippen LogP contribution in [-0.4, -0.2) is 38.7 Å². The van der Waals surface area contributed by atoms with E-state index in [9.17, 15) is 9.18 Å². The second kappa shape index (κ2) is 10.6. The Morgan fingerprint density at radius 3 is 2.65 bits per heavy atom. The van der Waals surface area contributed by atoms with Crippen molar-refractivity contribution >= 4 is 23.8 Å². The van der Waals surface area contributed by atoms with Gasteiger partial charge in [-0.25, -0.2) is 9.07 Å². The maximum atomic E-state index is 13.1. The average Bonchev–Trinajstić information content (AvgIpc) is 3.11. The van der Waals surface area contributed by atoms with Gasteiger partial charge in [-0.05, 0) is 75.3 Å². The van der Waals surface area contributed by atoms with Crippen molar-refractivity contribution in [3.05, 3.63) is 64.7 Å². The number of amides is 1. The topological polar surface area (TPSA) is 55.1 Å². The van der Waals surface area contributed by atoms with Gasteiger partial charge in [0.15, 0.2) is 10.6 Å². The first kappa shape index (κ1) is 24.3. The van der Waals surface area contributed by atoms with E-state index < -0.39 is 0 Å². The summed E-state index contributed by atoms with van der Waals surface area (Å²) in [5.74, 6) is 0.897. The number of rotatable bonds is 7. The van der Waals surface area contributed by atoms with Crippen LogP contribution in [0, 0.1) is 23.4 Å². The van der Waals surface area contributed by atoms with Crippen LogP contribution in [0.3, 0.4) is 0 Å². The van der Waals surface area contributed by atoms with Gasteiger partial charge in [0.25, 0.3) is 0 Å². The second-order valence-electron chi connectivity index (χ2n) is 9.38. The normalized spacial score (nSPS) is 18.3. The molecule has 2 aromatic carbocycles. The molecule has 1 aliphatic carbocycles. The highest BCUT2D eigenvalue weighted by molar-refractivity contribution is 7.71. The molecule has 0 radical (unpaired) electrons. The summed E-state index contributed by atoms with van der Waals surface area (Å²) in [6.45, 7) is 4.93. The van der Waals surface area contributed by atoms with E-state index in [2.05, 4.69) is 41.9 Å². The summed E-state index contributed by atoms with van der Waals surface area (Å²) in [5, 5.41) is 7.73. The van der Waals surface area contributed by atoms with Crippen molar-refractivity contribution in [3.63, 3.8) is 0 Å². The molecule has 3 aromatic rings. The van der Waals surface area contributed by atoms with E-state index >= 15 is 0 Å². The summed E-state index contributed by atoms with van der Waals surface area (Å²) in [5.41, 5.74) is 2.80. The van der Waals surface area contributed by atoms with Gasteiger partial charge in [-0.15, -0.1) is 0 Å². The second-order valence-corrected chi connectivity index (χ2v) is 9.75. The van der Waals surface area contributed by atoms with E-state index in [0.29, 0.717) is 29.1 Å². The molecule has 8 heteroatoms. The molecule has 2 atom stereocenters. The molecule has 34 heavy (non-hydrogen) atoms. The predicted octanol–water partition coefficient (Wildman–Crippen LogP) is 5.81. The number of aryl methyl sites for hydroxylation is 1. The number of carbonyl (C=O) groups is 1. The van der Waals surface area contributed by atoms with E-state index in [0.717, 1.165) is 17.8 Å². The molecule has 0 spiro atoms. The third kappa shape index (κ3) is 5.62. The molecule has 0 aliphatic heterocycles. The lowest BCUT2D eigenvalue weighted by molar-refractivity contribution is -0.117. The average molecular weight is 482 g/mol. The monoisotopic (exact) mass is 481 g/mol. The van der Waals surface area contributed by atoms with Gasteiger partial charge in [0.1, 0.15) is 5.82 Å². The zero-order valence-corrected chi connectivity index (χ0v) is 20.8. The molecule has 0 bridgehead atoms. The Morgan fingerprint density at radius 2 is 1.94 bits per heavy atom. The zero-order chi connectivity index (χ0) is 24.2. The summed E-state index contributed by atoms with van der Waals surface area (Å²) < 4.78 is 17.8. The van der Waals surface area contributed by atoms with Crippen LogP contribution < -0.4 is 5.32 Å². The first-order valence-electron chi connectivity index (χ1n) is 11.8. The van der Waals surface area contributed by atoms with Crippen molar-refractivity contribution in [2.75, 3.05) is 18.9 Å². The molecule has 1 saturated carbocycles. The Kier molecular flexibility index (Phi) is 7.58. The largest absolute Gasteiger partial charge is 0.325 e. The highest BCUT2D eigenvalue weighted by Gasteiger charge is 2.28. The molecule has 1 fully saturated rings. The number of hydrogen-bond donors (Lipinski definition) is 1. The molecule has 0 saturated heterocycles. The first-order valence-corrected chi connectivity index (χ1v) is 12.2. The first-order chi connectivity index (χ1) is 16.3. The summed E-state index contributed by atoms with van der Waals surface area (Å²) >= 11 is 5.93. The number of carbonyl (C=O) groups excluding carboxylic acids is 1. The van der Waals surface area contributed by atoms with Crippen molar-refractivity contribution in [2.24, 2.45) is 5.92 Å². The zero-order valence-electron chi connectivity index (χ0n) is 20.0. The Balaban J connectivity index is 1.56. The summed E-state index contributed by atoms with van der Waals surface area (Å²) in [6.07, 6.45) is 4.73. The molecule has 6 nitrogen and oxygen atoms in total. The lowest BCUT2D eigenvalue weighted by atomic mass is 9.85. The summed E-state index contributed by atoms with van der Waals surface area (Å²) in [6, 6.07) is 14.4. The minimum Gasteiger partial charge on any atom is -0.325 e. The summed E-state index contributed by atoms with van der Waals surface area (Å²) in [4.78, 5) is 14.4. The minimum absolute atomic E-state index is 0.158. The van der Waals surface area contributed by atoms with Crippen LogP contribution in [0.1, 0.15) is 44.2 Å². The maximum Gasteiger partial charge on any atom is 0.238 e. The number of anilines is 1. The van der Waals surface area contributed by atoms with Gasteiger partial charge in [0, 0.05) is 17.3 Å². The molecular formula is C26H32FN5OS. The van der Waals surface area contributed by atoms with Gasteiger partial charge in [-0.3, -0.25) is 14.3 Å². The molecule has 1 heterocycles. The minimum atomic E-state index is -0.336. The van der Waals surface area contributed by atoms with Crippen LogP contribution in [0.5, 0.6) is 0 Å². The summed E-state index contributed by atoms with van der Waals surface area (Å²) in [7, 11) is 1.86. The molecule has 1 N–H and O–H groups in total. The fourth-order valence-electron chi connectivity index (χ4n) is 4.73. The van der Waals surface area contributed by atoms with E-state index in [1.165, 1.54) is 37.0 Å². The van der Waals surface area contributed by atoms with Crippen LogP contribution in [0.2, 0.25) is 0 Å². The highest BCUT2D eigenvalue weighted by Crippen LogP contribution is 2.36. The van der Waals surface area contributed by atoms with Gasteiger partial charge in [0.05, 0.1) is 13.2 Å². The molecule has 1 aromatic heterocycles. The number of hydrogen-bond acceptors (Lipinski definition) is 4. The van der Waals surface area contributed by atoms with Crippen LogP contribution in [0.4, 0.5) is 10.1 Å². The van der Waals surface area contributed by atoms with Crippen molar-refractivity contribution in [2.45, 2.75) is 52.2 Å². The number of nitrogens with zero attached hydrogens (tertiary/aromatic N) is 4. The number of likely N-dealkylation sites (N-methyl/N-ethyl adjacent to an activating group) is 1. The van der Waals surface area contributed by atoms with Gasteiger partial charge >= 0.3 is 0 Å². The third-order valence-electron chi connectivity index (χ3n) is 6.46. The predicted molar refractivity (Wildman–Crippen MR) is 136 cm³/mol. The molecule has 1 amide bonds. The van der Waals surface area contributed by atoms with Gasteiger partial charge in [-0.2, -0.15) is 5.10 Å². The fourth-order valence-corrected chi connectivity index (χ4v) is 5.05. The SMILES string of the molecule is Cc1cccc(-c2nn(CN(C)CC(=O)Nc3ccc(F)cc3)c(=S)n2C2CCCCC2C)c1. The Morgan fingerprint density at radius 1 is 1.21 bits per heavy atom. The van der Waals surface area contributed by atoms with E-state index in [1.54, 1.807) is 12.1 Å². The quantitative estimate of drug-likeness (QED) is 0.433. The van der Waals surface area contributed by atoms with Gasteiger partial charge in [0.2, 0.25) is 5.91 Å². The van der Waals surface area contributed by atoms with E-state index in [1.807, 2.05) is 22.7 Å². The van der Waals surface area contributed by atoms with Crippen LogP contribution in [-0.2, 0) is 11.5 Å². The Labute approximate surface area is 205 Å². The molecule has 180 valence electrons. The Hall–Kier alpha value is -2.84. The third-order valence-corrected chi connectivity index (χ3v) is 6.87. The van der Waals surface area contributed by atoms with Crippen molar-refractivity contribution in [3.8, 4) is 11.4 Å². The molecular weight excluding hydrogens is 449 g/mol. The van der Waals surface area contributed by atoms with Crippen LogP contribution in [0.25, 0.3) is 11.4 Å². The van der Waals surface area contributed by atoms with E-state index in [-0.39, 0.29) is 18.3 Å². The smallest absolute Gasteiger partial charge is 0.238 e. The number of nitrogens with one attached hydrogen (secondary N) is 1. The number of halogens is 1. The van der Waals surface area contributed by atoms with Crippen LogP contribution in [0.15, 0.2) is 48.5 Å². The molecule has 2 unspecified atom stereocenters. The van der Waals surface area contributed by atoms with Crippen molar-refractivity contribution in [1.82, 2.24) is 19.2 Å². The van der Waals surface area contributed by atoms with E-state index in [4.69, 9.17) is 17.3 Å². The molecule has 1 aliphatic rings. The highest BCUT2D eigenvalue weighted by atomic mass is 32.1. The number of benzene rings is 2. The van der Waals surface area contributed by atoms with Crippen molar-refractivity contribution in [1.29, 1.82) is 0 Å².